The zero-order valence-corrected chi connectivity index (χ0v) is 18.4. The van der Waals surface area contributed by atoms with Crippen molar-refractivity contribution in [2.24, 2.45) is 5.41 Å². The van der Waals surface area contributed by atoms with E-state index in [-0.39, 0.29) is 17.0 Å². The van der Waals surface area contributed by atoms with E-state index >= 15 is 0 Å². The summed E-state index contributed by atoms with van der Waals surface area (Å²) in [6.07, 6.45) is 4.92. The number of fused-ring (bicyclic) bond motifs is 1. The lowest BCUT2D eigenvalue weighted by Gasteiger charge is -2.37. The number of nitrogens with zero attached hydrogens (tertiary/aromatic N) is 1. The van der Waals surface area contributed by atoms with Crippen molar-refractivity contribution in [2.75, 3.05) is 26.3 Å². The maximum absolute atomic E-state index is 13.5. The molecule has 30 heavy (non-hydrogen) atoms. The Balaban J connectivity index is 1.41. The first-order valence-corrected chi connectivity index (χ1v) is 11.1. The summed E-state index contributed by atoms with van der Waals surface area (Å²) in [5.41, 5.74) is 3.05. The molecule has 2 heterocycles. The largest absolute Gasteiger partial charge is 0.381 e. The molecule has 2 aromatic carbocycles. The zero-order valence-electron chi connectivity index (χ0n) is 16.8. The van der Waals surface area contributed by atoms with Crippen LogP contribution < -0.4 is 5.32 Å². The van der Waals surface area contributed by atoms with Crippen molar-refractivity contribution >= 4 is 26.8 Å². The molecule has 3 nitrogen and oxygen atoms in total. The summed E-state index contributed by atoms with van der Waals surface area (Å²) in [7, 11) is 0. The predicted octanol–water partition coefficient (Wildman–Crippen LogP) is 5.45. The Morgan fingerprint density at radius 3 is 2.57 bits per heavy atom. The Hall–Kier alpha value is -1.89. The van der Waals surface area contributed by atoms with Gasteiger partial charge in [0.15, 0.2) is 0 Å². The fourth-order valence-corrected chi connectivity index (χ4v) is 4.81. The van der Waals surface area contributed by atoms with Crippen LogP contribution in [-0.4, -0.2) is 31.3 Å². The van der Waals surface area contributed by atoms with E-state index in [1.54, 1.807) is 0 Å². The number of aromatic nitrogens is 1. The van der Waals surface area contributed by atoms with Crippen LogP contribution in [0.4, 0.5) is 8.78 Å². The number of pyridine rings is 1. The van der Waals surface area contributed by atoms with E-state index in [0.29, 0.717) is 19.6 Å². The van der Waals surface area contributed by atoms with Crippen LogP contribution in [0.15, 0.2) is 53.1 Å². The molecule has 0 saturated carbocycles. The van der Waals surface area contributed by atoms with E-state index < -0.39 is 0 Å². The highest BCUT2D eigenvalue weighted by Gasteiger charge is 2.32. The van der Waals surface area contributed by atoms with Gasteiger partial charge >= 0.3 is 0 Å². The minimum Gasteiger partial charge on any atom is -0.381 e. The van der Waals surface area contributed by atoms with E-state index in [4.69, 9.17) is 4.74 Å². The minimum absolute atomic E-state index is 0.0593. The molecule has 158 valence electrons. The number of halogens is 3. The topological polar surface area (TPSA) is 34.1 Å². The Kier molecular flexibility index (Phi) is 6.76. The Morgan fingerprint density at radius 2 is 1.80 bits per heavy atom. The van der Waals surface area contributed by atoms with Gasteiger partial charge in [-0.2, -0.15) is 0 Å². The number of benzene rings is 2. The highest BCUT2D eigenvalue weighted by molar-refractivity contribution is 9.10. The number of hydrogen-bond donors (Lipinski definition) is 1. The first-order valence-electron chi connectivity index (χ1n) is 10.3. The van der Waals surface area contributed by atoms with Gasteiger partial charge in [-0.05, 0) is 80.2 Å². The van der Waals surface area contributed by atoms with Gasteiger partial charge in [0.1, 0.15) is 11.6 Å². The van der Waals surface area contributed by atoms with Crippen LogP contribution in [0.2, 0.25) is 0 Å². The Morgan fingerprint density at radius 1 is 1.03 bits per heavy atom. The third kappa shape index (κ3) is 5.23. The molecule has 3 aromatic rings. The minimum atomic E-state index is -0.337. The fraction of sp³-hybridized carbons (Fsp3) is 0.375. The second-order valence-electron chi connectivity index (χ2n) is 8.15. The molecule has 1 aromatic heterocycles. The van der Waals surface area contributed by atoms with Crippen molar-refractivity contribution in [3.05, 3.63) is 75.9 Å². The first kappa shape index (κ1) is 21.3. The van der Waals surface area contributed by atoms with Crippen LogP contribution in [0, 0.1) is 17.0 Å². The third-order valence-corrected chi connectivity index (χ3v) is 6.33. The molecule has 0 atom stereocenters. The summed E-state index contributed by atoms with van der Waals surface area (Å²) in [6.45, 7) is 3.18. The SMILES string of the molecule is Fc1ccc(CC2(COCCc3cc(Br)cc4cc(F)cnc34)CCNCC2)cc1. The summed E-state index contributed by atoms with van der Waals surface area (Å²) in [5.74, 6) is -0.541. The van der Waals surface area contributed by atoms with Gasteiger partial charge < -0.3 is 10.1 Å². The molecule has 4 rings (SSSR count). The van der Waals surface area contributed by atoms with Crippen LogP contribution in [0.3, 0.4) is 0 Å². The van der Waals surface area contributed by atoms with Gasteiger partial charge in [0, 0.05) is 15.3 Å². The predicted molar refractivity (Wildman–Crippen MR) is 119 cm³/mol. The average Bonchev–Trinajstić information content (AvgIpc) is 2.73. The lowest BCUT2D eigenvalue weighted by atomic mass is 9.75. The molecule has 1 saturated heterocycles. The van der Waals surface area contributed by atoms with Gasteiger partial charge in [-0.25, -0.2) is 8.78 Å². The molecule has 1 fully saturated rings. The Bertz CT molecular complexity index is 999. The van der Waals surface area contributed by atoms with Crippen LogP contribution in [0.5, 0.6) is 0 Å². The van der Waals surface area contributed by atoms with Crippen molar-refractivity contribution in [1.82, 2.24) is 10.3 Å². The number of hydrogen-bond acceptors (Lipinski definition) is 3. The highest BCUT2D eigenvalue weighted by atomic mass is 79.9. The number of piperidine rings is 1. The van der Waals surface area contributed by atoms with E-state index in [1.165, 1.54) is 24.4 Å². The van der Waals surface area contributed by atoms with E-state index in [1.807, 2.05) is 24.3 Å². The summed E-state index contributed by atoms with van der Waals surface area (Å²) >= 11 is 3.51. The van der Waals surface area contributed by atoms with Crippen molar-refractivity contribution < 1.29 is 13.5 Å². The molecule has 0 unspecified atom stereocenters. The van der Waals surface area contributed by atoms with Gasteiger partial charge in [0.25, 0.3) is 0 Å². The lowest BCUT2D eigenvalue weighted by molar-refractivity contribution is 0.0254. The third-order valence-electron chi connectivity index (χ3n) is 5.87. The Labute approximate surface area is 184 Å². The van der Waals surface area contributed by atoms with E-state index in [0.717, 1.165) is 58.9 Å². The van der Waals surface area contributed by atoms with E-state index in [2.05, 4.69) is 26.2 Å². The summed E-state index contributed by atoms with van der Waals surface area (Å²) < 4.78 is 33.9. The maximum Gasteiger partial charge on any atom is 0.142 e. The summed E-state index contributed by atoms with van der Waals surface area (Å²) in [5, 5.41) is 4.20. The fourth-order valence-electron chi connectivity index (χ4n) is 4.28. The number of ether oxygens (including phenoxy) is 1. The molecule has 1 aliphatic heterocycles. The lowest BCUT2D eigenvalue weighted by Crippen LogP contribution is -2.41. The second kappa shape index (κ2) is 9.50. The number of rotatable bonds is 7. The molecule has 0 aliphatic carbocycles. The van der Waals surface area contributed by atoms with Crippen molar-refractivity contribution in [2.45, 2.75) is 25.7 Å². The zero-order chi connectivity index (χ0) is 21.0. The average molecular weight is 475 g/mol. The van der Waals surface area contributed by atoms with Crippen LogP contribution in [0.1, 0.15) is 24.0 Å². The molecule has 0 bridgehead atoms. The van der Waals surface area contributed by atoms with Crippen molar-refractivity contribution in [3.63, 3.8) is 0 Å². The van der Waals surface area contributed by atoms with Gasteiger partial charge in [-0.15, -0.1) is 0 Å². The van der Waals surface area contributed by atoms with Gasteiger partial charge in [-0.3, -0.25) is 4.98 Å². The molecular weight excluding hydrogens is 450 g/mol. The molecule has 0 spiro atoms. The highest BCUT2D eigenvalue weighted by Crippen LogP contribution is 2.33. The first-order chi connectivity index (χ1) is 14.5. The summed E-state index contributed by atoms with van der Waals surface area (Å²) in [6, 6.07) is 12.2. The van der Waals surface area contributed by atoms with E-state index in [9.17, 15) is 8.78 Å². The monoisotopic (exact) mass is 474 g/mol. The summed E-state index contributed by atoms with van der Waals surface area (Å²) in [4.78, 5) is 4.28. The molecular formula is C24H25BrF2N2O. The quantitative estimate of drug-likeness (QED) is 0.462. The smallest absolute Gasteiger partial charge is 0.142 e. The van der Waals surface area contributed by atoms with Crippen molar-refractivity contribution in [3.8, 4) is 0 Å². The molecule has 1 aliphatic rings. The molecule has 0 radical (unpaired) electrons. The van der Waals surface area contributed by atoms with Gasteiger partial charge in [0.2, 0.25) is 0 Å². The molecule has 1 N–H and O–H groups in total. The second-order valence-corrected chi connectivity index (χ2v) is 9.06. The van der Waals surface area contributed by atoms with Gasteiger partial charge in [0.05, 0.1) is 24.9 Å². The molecule has 0 amide bonds. The maximum atomic E-state index is 13.5. The van der Waals surface area contributed by atoms with Crippen LogP contribution >= 0.6 is 15.9 Å². The van der Waals surface area contributed by atoms with Crippen LogP contribution in [0.25, 0.3) is 10.9 Å². The van der Waals surface area contributed by atoms with Gasteiger partial charge in [-0.1, -0.05) is 28.1 Å². The van der Waals surface area contributed by atoms with Crippen LogP contribution in [-0.2, 0) is 17.6 Å². The normalized spacial score (nSPS) is 16.1. The van der Waals surface area contributed by atoms with Crippen molar-refractivity contribution in [1.29, 1.82) is 0 Å². The molecule has 6 heteroatoms. The number of nitrogens with one attached hydrogen (secondary N) is 1. The standard InChI is InChI=1S/C24H25BrF2N2O/c25-20-11-18(23-19(12-20)13-22(27)15-29-23)5-10-30-16-24(6-8-28-9-7-24)14-17-1-3-21(26)4-2-17/h1-4,11-13,15,28H,5-10,14,16H2.